The highest BCUT2D eigenvalue weighted by atomic mass is 19.4. The van der Waals surface area contributed by atoms with Gasteiger partial charge in [0.1, 0.15) is 12.4 Å². The summed E-state index contributed by atoms with van der Waals surface area (Å²) in [5.41, 5.74) is 16.8. The first-order chi connectivity index (χ1) is 20.3. The largest absolute Gasteiger partial charge is 0.458 e. The van der Waals surface area contributed by atoms with Crippen LogP contribution in [-0.4, -0.2) is 12.1 Å². The van der Waals surface area contributed by atoms with Gasteiger partial charge in [0, 0.05) is 23.9 Å². The number of halogens is 5. The van der Waals surface area contributed by atoms with E-state index in [9.17, 15) is 26.7 Å². The maximum Gasteiger partial charge on any atom is 0.426 e. The topological polar surface area (TPSA) is 87.6 Å². The van der Waals surface area contributed by atoms with Gasteiger partial charge in [0.15, 0.2) is 0 Å². The predicted octanol–water partition coefficient (Wildman–Crippen LogP) is 8.21. The summed E-state index contributed by atoms with van der Waals surface area (Å²) in [6, 6.07) is 21.0. The van der Waals surface area contributed by atoms with Crippen molar-refractivity contribution in [3.8, 4) is 16.9 Å². The lowest BCUT2D eigenvalue weighted by atomic mass is 9.95. The van der Waals surface area contributed by atoms with Crippen molar-refractivity contribution in [3.05, 3.63) is 119 Å². The minimum atomic E-state index is -4.30. The number of alkyl halides is 5. The molecule has 4 rings (SSSR count). The van der Waals surface area contributed by atoms with Crippen molar-refractivity contribution in [2.24, 2.45) is 0 Å². The Morgan fingerprint density at radius 2 is 1.44 bits per heavy atom. The lowest BCUT2D eigenvalue weighted by Crippen LogP contribution is -2.21. The molecular weight excluding hydrogens is 567 g/mol. The molecule has 0 aliphatic heterocycles. The molecule has 0 heterocycles. The van der Waals surface area contributed by atoms with Crippen LogP contribution in [0, 0.1) is 6.92 Å². The highest BCUT2D eigenvalue weighted by molar-refractivity contribution is 5.87. The molecule has 224 valence electrons. The fourth-order valence-corrected chi connectivity index (χ4v) is 4.35. The number of hydrogen-bond acceptors (Lipinski definition) is 5. The predicted molar refractivity (Wildman–Crippen MR) is 156 cm³/mol. The summed E-state index contributed by atoms with van der Waals surface area (Å²) in [6.07, 6.45) is -6.65. The number of esters is 1. The number of nitrogen functional groups attached to an aromatic ring is 2. The number of carbonyl (C=O) groups is 1. The number of hydrogen-bond donors (Lipinski definition) is 2. The van der Waals surface area contributed by atoms with E-state index in [0.717, 1.165) is 28.8 Å². The Balaban J connectivity index is 1.35. The van der Waals surface area contributed by atoms with Gasteiger partial charge in [-0.05, 0) is 101 Å². The lowest BCUT2D eigenvalue weighted by molar-refractivity contribution is -0.185. The van der Waals surface area contributed by atoms with Gasteiger partial charge in [-0.15, -0.1) is 0 Å². The van der Waals surface area contributed by atoms with Gasteiger partial charge in [-0.1, -0.05) is 36.4 Å². The number of benzene rings is 4. The molecule has 0 spiro atoms. The van der Waals surface area contributed by atoms with Crippen LogP contribution in [0.25, 0.3) is 17.2 Å². The van der Waals surface area contributed by atoms with Gasteiger partial charge in [0.25, 0.3) is 0 Å². The summed E-state index contributed by atoms with van der Waals surface area (Å²) in [4.78, 5) is 12.4. The van der Waals surface area contributed by atoms with Crippen LogP contribution in [-0.2, 0) is 28.7 Å². The minimum absolute atomic E-state index is 0.0425. The van der Waals surface area contributed by atoms with Crippen molar-refractivity contribution in [1.82, 2.24) is 0 Å². The average Bonchev–Trinajstić information content (AvgIpc) is 2.95. The van der Waals surface area contributed by atoms with Gasteiger partial charge < -0.3 is 20.9 Å². The van der Waals surface area contributed by atoms with Crippen LogP contribution in [0.4, 0.5) is 33.3 Å². The zero-order chi connectivity index (χ0) is 31.2. The Bertz CT molecular complexity index is 1600. The number of nitrogens with two attached hydrogens (primary N) is 2. The van der Waals surface area contributed by atoms with E-state index in [1.54, 1.807) is 18.2 Å². The molecule has 0 aliphatic rings. The monoisotopic (exact) mass is 596 g/mol. The number of rotatable bonds is 10. The van der Waals surface area contributed by atoms with Crippen LogP contribution in [0.1, 0.15) is 34.2 Å². The number of ether oxygens (including phenoxy) is 2. The second-order valence-electron chi connectivity index (χ2n) is 9.93. The van der Waals surface area contributed by atoms with Crippen molar-refractivity contribution in [3.63, 3.8) is 0 Å². The molecule has 0 aromatic heterocycles. The third-order valence-electron chi connectivity index (χ3n) is 6.57. The summed E-state index contributed by atoms with van der Waals surface area (Å²) in [5, 5.41) is 0. The van der Waals surface area contributed by atoms with Gasteiger partial charge >= 0.3 is 18.3 Å². The van der Waals surface area contributed by atoms with E-state index in [2.05, 4.69) is 0 Å². The van der Waals surface area contributed by atoms with Gasteiger partial charge in [0.2, 0.25) is 0 Å². The Labute approximate surface area is 245 Å². The highest BCUT2D eigenvalue weighted by Crippen LogP contribution is 2.33. The van der Waals surface area contributed by atoms with E-state index in [1.807, 2.05) is 25.1 Å². The molecule has 0 saturated heterocycles. The van der Waals surface area contributed by atoms with Crippen molar-refractivity contribution in [1.29, 1.82) is 0 Å². The molecule has 4 aromatic rings. The second kappa shape index (κ2) is 13.0. The van der Waals surface area contributed by atoms with E-state index < -0.39 is 30.2 Å². The first-order valence-corrected chi connectivity index (χ1v) is 13.2. The normalized spacial score (nSPS) is 12.0. The molecule has 10 heteroatoms. The van der Waals surface area contributed by atoms with E-state index in [0.29, 0.717) is 28.1 Å². The molecule has 0 aliphatic carbocycles. The van der Waals surface area contributed by atoms with E-state index in [4.69, 9.17) is 20.9 Å². The van der Waals surface area contributed by atoms with Gasteiger partial charge in [-0.3, -0.25) is 0 Å². The highest BCUT2D eigenvalue weighted by Gasteiger charge is 2.34. The SMILES string of the molecule is Cc1cc(N)ccc1-c1ccc(N)cc1COC(=O)/C=C/c1ccc(C(F)(F)Oc2ccc(CCC(F)(F)F)cc2)cc1. The quantitative estimate of drug-likeness (QED) is 0.0834. The van der Waals surface area contributed by atoms with Crippen LogP contribution >= 0.6 is 0 Å². The molecule has 4 N–H and O–H groups in total. The average molecular weight is 597 g/mol. The van der Waals surface area contributed by atoms with Gasteiger partial charge in [-0.2, -0.15) is 22.0 Å². The molecule has 0 radical (unpaired) electrons. The fraction of sp³-hybridized carbons (Fsp3) is 0.182. The molecule has 4 aromatic carbocycles. The Kier molecular flexibility index (Phi) is 9.38. The van der Waals surface area contributed by atoms with Gasteiger partial charge in [-0.25, -0.2) is 4.79 Å². The summed E-state index contributed by atoms with van der Waals surface area (Å²) in [6.45, 7) is 1.88. The van der Waals surface area contributed by atoms with Crippen molar-refractivity contribution in [2.75, 3.05) is 11.5 Å². The first-order valence-electron chi connectivity index (χ1n) is 13.2. The maximum atomic E-state index is 14.7. The van der Waals surface area contributed by atoms with E-state index in [1.165, 1.54) is 48.6 Å². The molecule has 0 saturated carbocycles. The number of aryl methyl sites for hydroxylation is 2. The smallest absolute Gasteiger partial charge is 0.426 e. The number of anilines is 2. The van der Waals surface area contributed by atoms with E-state index >= 15 is 0 Å². The molecular formula is C33H29F5N2O3. The molecule has 0 bridgehead atoms. The fourth-order valence-electron chi connectivity index (χ4n) is 4.35. The zero-order valence-corrected chi connectivity index (χ0v) is 23.1. The maximum absolute atomic E-state index is 14.7. The third-order valence-corrected chi connectivity index (χ3v) is 6.57. The Morgan fingerprint density at radius 3 is 2.07 bits per heavy atom. The third kappa shape index (κ3) is 8.81. The number of carbonyl (C=O) groups excluding carboxylic acids is 1. The lowest BCUT2D eigenvalue weighted by Gasteiger charge is -2.18. The molecule has 0 atom stereocenters. The minimum Gasteiger partial charge on any atom is -0.458 e. The standard InChI is InChI=1S/C33H29F5N2O3/c1-21-18-26(39)9-13-29(21)30-14-10-27(40)19-24(30)20-42-31(41)15-6-22-2-7-25(8-3-22)33(37,38)43-28-11-4-23(5-12-28)16-17-32(34,35)36/h2-15,18-19H,16-17,20,39-40H2,1H3/b15-6+. The summed E-state index contributed by atoms with van der Waals surface area (Å²) in [7, 11) is 0. The second-order valence-corrected chi connectivity index (χ2v) is 9.93. The van der Waals surface area contributed by atoms with Crippen molar-refractivity contribution in [2.45, 2.75) is 38.7 Å². The molecule has 43 heavy (non-hydrogen) atoms. The van der Waals surface area contributed by atoms with Crippen LogP contribution < -0.4 is 16.2 Å². The van der Waals surface area contributed by atoms with Crippen molar-refractivity contribution >= 4 is 23.4 Å². The van der Waals surface area contributed by atoms with E-state index in [-0.39, 0.29) is 18.8 Å². The molecule has 0 amide bonds. The molecule has 5 nitrogen and oxygen atoms in total. The Morgan fingerprint density at radius 1 is 0.814 bits per heavy atom. The Hall–Kier alpha value is -4.86. The van der Waals surface area contributed by atoms with Crippen LogP contribution in [0.2, 0.25) is 0 Å². The zero-order valence-electron chi connectivity index (χ0n) is 23.1. The summed E-state index contributed by atoms with van der Waals surface area (Å²) in [5.74, 6) is -0.832. The van der Waals surface area contributed by atoms with Crippen LogP contribution in [0.3, 0.4) is 0 Å². The van der Waals surface area contributed by atoms with Crippen LogP contribution in [0.15, 0.2) is 91.0 Å². The van der Waals surface area contributed by atoms with Crippen LogP contribution in [0.5, 0.6) is 5.75 Å². The van der Waals surface area contributed by atoms with Crippen molar-refractivity contribution < 1.29 is 36.2 Å². The first kappa shape index (κ1) is 31.1. The molecule has 0 fully saturated rings. The molecule has 0 unspecified atom stereocenters. The van der Waals surface area contributed by atoms with Gasteiger partial charge in [0.05, 0.1) is 5.56 Å². The summed E-state index contributed by atoms with van der Waals surface area (Å²) >= 11 is 0. The summed E-state index contributed by atoms with van der Waals surface area (Å²) < 4.78 is 76.8.